The first-order valence-corrected chi connectivity index (χ1v) is 6.86. The minimum atomic E-state index is 0.439. The minimum absolute atomic E-state index is 0.439. The maximum Gasteiger partial charge on any atom is 0.131 e. The third kappa shape index (κ3) is 1.97. The van der Waals surface area contributed by atoms with Gasteiger partial charge in [0, 0.05) is 36.9 Å². The molecule has 2 aliphatic rings. The number of nitrogens with zero attached hydrogens (tertiary/aromatic N) is 2. The first kappa shape index (κ1) is 11.1. The van der Waals surface area contributed by atoms with Crippen LogP contribution in [-0.4, -0.2) is 16.5 Å². The molecule has 3 nitrogen and oxygen atoms in total. The van der Waals surface area contributed by atoms with E-state index < -0.39 is 0 Å². The van der Waals surface area contributed by atoms with Crippen molar-refractivity contribution in [3.63, 3.8) is 0 Å². The molecule has 0 bridgehead atoms. The fraction of sp³-hybridized carbons (Fsp3) is 0.714. The van der Waals surface area contributed by atoms with Crippen molar-refractivity contribution < 1.29 is 0 Å². The number of hydrogen-bond donors (Lipinski definition) is 1. The van der Waals surface area contributed by atoms with Crippen molar-refractivity contribution in [3.8, 4) is 0 Å². The second-order valence-electron chi connectivity index (χ2n) is 5.60. The number of hydrogen-bond acceptors (Lipinski definition) is 3. The Morgan fingerprint density at radius 3 is 2.71 bits per heavy atom. The van der Waals surface area contributed by atoms with Gasteiger partial charge in [-0.05, 0) is 12.8 Å². The van der Waals surface area contributed by atoms with Gasteiger partial charge in [-0.3, -0.25) is 0 Å². The highest BCUT2D eigenvalue weighted by Crippen LogP contribution is 2.38. The molecule has 92 valence electrons. The van der Waals surface area contributed by atoms with Gasteiger partial charge in [0.2, 0.25) is 0 Å². The second kappa shape index (κ2) is 4.37. The molecule has 0 atom stereocenters. The van der Waals surface area contributed by atoms with Crippen molar-refractivity contribution in [1.29, 1.82) is 0 Å². The Morgan fingerprint density at radius 1 is 1.24 bits per heavy atom. The third-order valence-electron chi connectivity index (χ3n) is 3.99. The summed E-state index contributed by atoms with van der Waals surface area (Å²) >= 11 is 0. The van der Waals surface area contributed by atoms with Crippen LogP contribution in [0.2, 0.25) is 0 Å². The van der Waals surface area contributed by atoms with Crippen molar-refractivity contribution in [3.05, 3.63) is 22.8 Å². The van der Waals surface area contributed by atoms with E-state index in [4.69, 9.17) is 9.97 Å². The average molecular weight is 231 g/mol. The minimum Gasteiger partial charge on any atom is -0.312 e. The highest BCUT2D eigenvalue weighted by molar-refractivity contribution is 5.32. The summed E-state index contributed by atoms with van der Waals surface area (Å²) in [6.07, 6.45) is 5.08. The molecule has 0 amide bonds. The molecule has 3 rings (SSSR count). The maximum atomic E-state index is 4.86. The van der Waals surface area contributed by atoms with Crippen LogP contribution in [0.3, 0.4) is 0 Å². The monoisotopic (exact) mass is 231 g/mol. The first-order chi connectivity index (χ1) is 8.25. The van der Waals surface area contributed by atoms with Crippen LogP contribution in [0.4, 0.5) is 0 Å². The van der Waals surface area contributed by atoms with Crippen molar-refractivity contribution >= 4 is 0 Å². The van der Waals surface area contributed by atoms with Crippen LogP contribution in [0, 0.1) is 0 Å². The zero-order chi connectivity index (χ0) is 11.8. The number of fused-ring (bicyclic) bond motifs is 1. The van der Waals surface area contributed by atoms with Gasteiger partial charge in [0.25, 0.3) is 0 Å². The van der Waals surface area contributed by atoms with Crippen molar-refractivity contribution in [1.82, 2.24) is 15.3 Å². The molecule has 1 aliphatic heterocycles. The Morgan fingerprint density at radius 2 is 2.06 bits per heavy atom. The molecule has 0 spiro atoms. The zero-order valence-electron chi connectivity index (χ0n) is 10.8. The van der Waals surface area contributed by atoms with Gasteiger partial charge < -0.3 is 5.32 Å². The second-order valence-corrected chi connectivity index (χ2v) is 5.60. The molecule has 17 heavy (non-hydrogen) atoms. The van der Waals surface area contributed by atoms with Gasteiger partial charge in [0.05, 0.1) is 11.4 Å². The van der Waals surface area contributed by atoms with Gasteiger partial charge in [-0.2, -0.15) is 0 Å². The van der Waals surface area contributed by atoms with Gasteiger partial charge in [-0.15, -0.1) is 0 Å². The number of aromatic nitrogens is 2. The lowest BCUT2D eigenvalue weighted by Crippen LogP contribution is -2.29. The quantitative estimate of drug-likeness (QED) is 0.850. The van der Waals surface area contributed by atoms with Crippen molar-refractivity contribution in [2.24, 2.45) is 0 Å². The van der Waals surface area contributed by atoms with E-state index in [2.05, 4.69) is 19.2 Å². The van der Waals surface area contributed by atoms with Gasteiger partial charge in [-0.25, -0.2) is 9.97 Å². The highest BCUT2D eigenvalue weighted by atomic mass is 15.0. The van der Waals surface area contributed by atoms with Crippen LogP contribution in [0.1, 0.15) is 67.7 Å². The maximum absolute atomic E-state index is 4.86. The molecule has 1 fully saturated rings. The number of rotatable bonds is 2. The van der Waals surface area contributed by atoms with Crippen LogP contribution in [0.25, 0.3) is 0 Å². The molecular weight excluding hydrogens is 210 g/mol. The van der Waals surface area contributed by atoms with E-state index in [1.807, 2.05) is 0 Å². The largest absolute Gasteiger partial charge is 0.312 e. The van der Waals surface area contributed by atoms with Crippen LogP contribution >= 0.6 is 0 Å². The van der Waals surface area contributed by atoms with Gasteiger partial charge in [-0.1, -0.05) is 20.3 Å². The highest BCUT2D eigenvalue weighted by Gasteiger charge is 2.27. The van der Waals surface area contributed by atoms with Gasteiger partial charge >= 0.3 is 0 Å². The summed E-state index contributed by atoms with van der Waals surface area (Å²) in [4.78, 5) is 9.62. The normalized spacial score (nSPS) is 20.2. The molecule has 0 saturated heterocycles. The fourth-order valence-corrected chi connectivity index (χ4v) is 2.67. The van der Waals surface area contributed by atoms with Crippen molar-refractivity contribution in [2.75, 3.05) is 6.54 Å². The number of nitrogens with one attached hydrogen (secondary N) is 1. The fourth-order valence-electron chi connectivity index (χ4n) is 2.67. The SMILES string of the molecule is CC(C)c1nc2c(c(C3CCC3)n1)CNCC2. The molecule has 0 radical (unpaired) electrons. The standard InChI is InChI=1S/C14H21N3/c1-9(2)14-16-12-6-7-15-8-11(12)13(17-14)10-4-3-5-10/h9-10,15H,3-8H2,1-2H3. The Balaban J connectivity index is 2.06. The molecule has 1 aliphatic carbocycles. The summed E-state index contributed by atoms with van der Waals surface area (Å²) < 4.78 is 0. The lowest BCUT2D eigenvalue weighted by Gasteiger charge is -2.30. The summed E-state index contributed by atoms with van der Waals surface area (Å²) in [6.45, 7) is 6.41. The summed E-state index contributed by atoms with van der Waals surface area (Å²) in [5, 5.41) is 3.45. The topological polar surface area (TPSA) is 37.8 Å². The zero-order valence-corrected chi connectivity index (χ0v) is 10.8. The van der Waals surface area contributed by atoms with E-state index >= 15 is 0 Å². The Bertz CT molecular complexity index is 422. The van der Waals surface area contributed by atoms with Crippen LogP contribution < -0.4 is 5.32 Å². The molecule has 1 aromatic heterocycles. The summed E-state index contributed by atoms with van der Waals surface area (Å²) in [7, 11) is 0. The lowest BCUT2D eigenvalue weighted by molar-refractivity contribution is 0.401. The predicted octanol–water partition coefficient (Wildman–Crippen LogP) is 2.51. The van der Waals surface area contributed by atoms with Crippen LogP contribution in [0.15, 0.2) is 0 Å². The first-order valence-electron chi connectivity index (χ1n) is 6.86. The van der Waals surface area contributed by atoms with E-state index in [0.717, 1.165) is 25.3 Å². The molecule has 1 N–H and O–H groups in total. The van der Waals surface area contributed by atoms with E-state index in [1.54, 1.807) is 0 Å². The lowest BCUT2D eigenvalue weighted by atomic mass is 9.80. The molecule has 0 aromatic carbocycles. The molecular formula is C14H21N3. The van der Waals surface area contributed by atoms with Gasteiger partial charge in [0.15, 0.2) is 0 Å². The van der Waals surface area contributed by atoms with E-state index in [-0.39, 0.29) is 0 Å². The van der Waals surface area contributed by atoms with Crippen LogP contribution in [0.5, 0.6) is 0 Å². The van der Waals surface area contributed by atoms with E-state index in [9.17, 15) is 0 Å². The molecule has 2 heterocycles. The summed E-state index contributed by atoms with van der Waals surface area (Å²) in [5.74, 6) is 2.20. The summed E-state index contributed by atoms with van der Waals surface area (Å²) in [6, 6.07) is 0. The Labute approximate surface area is 103 Å². The van der Waals surface area contributed by atoms with Gasteiger partial charge in [0.1, 0.15) is 5.82 Å². The summed E-state index contributed by atoms with van der Waals surface area (Å²) in [5.41, 5.74) is 4.08. The average Bonchev–Trinajstić information content (AvgIpc) is 2.26. The molecule has 1 aromatic rings. The smallest absolute Gasteiger partial charge is 0.131 e. The predicted molar refractivity (Wildman–Crippen MR) is 68.1 cm³/mol. The Kier molecular flexibility index (Phi) is 2.87. The third-order valence-corrected chi connectivity index (χ3v) is 3.99. The van der Waals surface area contributed by atoms with E-state index in [1.165, 1.54) is 36.2 Å². The Hall–Kier alpha value is -0.960. The molecule has 3 heteroatoms. The molecule has 1 saturated carbocycles. The van der Waals surface area contributed by atoms with Crippen molar-refractivity contribution in [2.45, 2.75) is 57.9 Å². The van der Waals surface area contributed by atoms with E-state index in [0.29, 0.717) is 11.8 Å². The molecule has 0 unspecified atom stereocenters. The van der Waals surface area contributed by atoms with Crippen LogP contribution in [-0.2, 0) is 13.0 Å².